The zero-order valence-corrected chi connectivity index (χ0v) is 13.4. The first-order chi connectivity index (χ1) is 12.1. The van der Waals surface area contributed by atoms with Gasteiger partial charge < -0.3 is 4.42 Å². The van der Waals surface area contributed by atoms with Crippen molar-refractivity contribution >= 4 is 18.0 Å². The van der Waals surface area contributed by atoms with E-state index in [1.54, 1.807) is 6.07 Å². The Morgan fingerprint density at radius 3 is 2.80 bits per heavy atom. The van der Waals surface area contributed by atoms with E-state index < -0.39 is 11.6 Å². The summed E-state index contributed by atoms with van der Waals surface area (Å²) in [6.45, 7) is 0. The average Bonchev–Trinajstić information content (AvgIpc) is 3.16. The van der Waals surface area contributed by atoms with E-state index in [9.17, 15) is 18.8 Å². The highest BCUT2D eigenvalue weighted by atomic mass is 32.2. The summed E-state index contributed by atoms with van der Waals surface area (Å²) in [6.07, 6.45) is 3.25. The van der Waals surface area contributed by atoms with Gasteiger partial charge in [-0.3, -0.25) is 4.79 Å². The summed E-state index contributed by atoms with van der Waals surface area (Å²) < 4.78 is 32.0. The summed E-state index contributed by atoms with van der Waals surface area (Å²) in [5.41, 5.74) is 0.862. The van der Waals surface area contributed by atoms with Gasteiger partial charge in [-0.1, -0.05) is 23.9 Å². The van der Waals surface area contributed by atoms with Crippen LogP contribution in [0, 0.1) is 23.0 Å². The third-order valence-corrected chi connectivity index (χ3v) is 4.22. The number of carbonyl (C=O) groups is 1. The van der Waals surface area contributed by atoms with Crippen molar-refractivity contribution in [2.45, 2.75) is 10.9 Å². The summed E-state index contributed by atoms with van der Waals surface area (Å²) in [6, 6.07) is 7.39. The Hall–Kier alpha value is -3.05. The average molecular weight is 357 g/mol. The second-order valence-electron chi connectivity index (χ2n) is 4.86. The van der Waals surface area contributed by atoms with Crippen LogP contribution < -0.4 is 0 Å². The number of rotatable bonds is 5. The van der Waals surface area contributed by atoms with Gasteiger partial charge in [0, 0.05) is 16.9 Å². The van der Waals surface area contributed by atoms with E-state index in [1.165, 1.54) is 24.7 Å². The number of thioether (sulfide) groups is 1. The molecule has 0 unspecified atom stereocenters. The van der Waals surface area contributed by atoms with Gasteiger partial charge >= 0.3 is 0 Å². The van der Waals surface area contributed by atoms with E-state index in [2.05, 4.69) is 9.97 Å². The minimum absolute atomic E-state index is 0.0256. The molecule has 0 bridgehead atoms. The monoisotopic (exact) mass is 357 g/mol. The fourth-order valence-corrected chi connectivity index (χ4v) is 2.95. The maximum atomic E-state index is 13.7. The second kappa shape index (κ2) is 7.23. The minimum Gasteiger partial charge on any atom is -0.472 e. The Kier molecular flexibility index (Phi) is 4.86. The zero-order chi connectivity index (χ0) is 17.8. The number of aldehydes is 1. The molecule has 0 N–H and O–H groups in total. The highest BCUT2D eigenvalue weighted by molar-refractivity contribution is 7.98. The van der Waals surface area contributed by atoms with Crippen LogP contribution >= 0.6 is 11.8 Å². The molecule has 3 aromatic rings. The lowest BCUT2D eigenvalue weighted by Gasteiger charge is -2.07. The van der Waals surface area contributed by atoms with Gasteiger partial charge in [0.15, 0.2) is 23.1 Å². The van der Waals surface area contributed by atoms with Crippen molar-refractivity contribution in [3.63, 3.8) is 0 Å². The van der Waals surface area contributed by atoms with E-state index >= 15 is 0 Å². The second-order valence-corrected chi connectivity index (χ2v) is 5.80. The van der Waals surface area contributed by atoms with Crippen molar-refractivity contribution in [1.29, 1.82) is 5.26 Å². The maximum absolute atomic E-state index is 13.7. The van der Waals surface area contributed by atoms with Gasteiger partial charge in [0.2, 0.25) is 0 Å². The molecule has 2 heterocycles. The molecule has 0 saturated heterocycles. The maximum Gasteiger partial charge on any atom is 0.189 e. The lowest BCUT2D eigenvalue weighted by Crippen LogP contribution is -2.02. The molecule has 8 heteroatoms. The number of hydrogen-bond acceptors (Lipinski definition) is 6. The summed E-state index contributed by atoms with van der Waals surface area (Å²) >= 11 is 1.03. The molecule has 0 aliphatic carbocycles. The molecular weight excluding hydrogens is 348 g/mol. The first kappa shape index (κ1) is 16.8. The molecule has 0 aliphatic heterocycles. The van der Waals surface area contributed by atoms with Crippen molar-refractivity contribution in [1.82, 2.24) is 9.97 Å². The molecule has 5 nitrogen and oxygen atoms in total. The van der Waals surface area contributed by atoms with Crippen molar-refractivity contribution in [2.75, 3.05) is 0 Å². The SMILES string of the molecule is N#Cc1c(C=O)nc(SCc2cccc(F)c2F)nc1-c1ccoc1. The number of hydrogen-bond donors (Lipinski definition) is 0. The number of aromatic nitrogens is 2. The predicted octanol–water partition coefficient (Wildman–Crippen LogP) is 3.99. The molecular formula is C17H9F2N3O2S. The topological polar surface area (TPSA) is 79.8 Å². The number of furan rings is 1. The zero-order valence-electron chi connectivity index (χ0n) is 12.6. The summed E-state index contributed by atoms with van der Waals surface area (Å²) in [5.74, 6) is -1.81. The van der Waals surface area contributed by atoms with Crippen LogP contribution in [0.1, 0.15) is 21.6 Å². The fraction of sp³-hybridized carbons (Fsp3) is 0.0588. The Morgan fingerprint density at radius 2 is 2.12 bits per heavy atom. The molecule has 0 fully saturated rings. The van der Waals surface area contributed by atoms with Gasteiger partial charge in [0.25, 0.3) is 0 Å². The smallest absolute Gasteiger partial charge is 0.189 e. The standard InChI is InChI=1S/C17H9F2N3O2S/c18-13-3-1-2-11(15(13)19)9-25-17-21-14(7-23)12(6-20)16(22-17)10-4-5-24-8-10/h1-5,7-8H,9H2. The summed E-state index contributed by atoms with van der Waals surface area (Å²) in [4.78, 5) is 19.5. The van der Waals surface area contributed by atoms with Crippen LogP contribution in [0.3, 0.4) is 0 Å². The molecule has 0 radical (unpaired) electrons. The normalized spacial score (nSPS) is 10.4. The van der Waals surface area contributed by atoms with Gasteiger partial charge in [-0.2, -0.15) is 5.26 Å². The molecule has 3 rings (SSSR count). The van der Waals surface area contributed by atoms with E-state index in [0.717, 1.165) is 17.8 Å². The number of carbonyl (C=O) groups excluding carboxylic acids is 1. The van der Waals surface area contributed by atoms with E-state index in [4.69, 9.17) is 4.42 Å². The van der Waals surface area contributed by atoms with E-state index in [0.29, 0.717) is 11.8 Å². The Labute approximate surface area is 145 Å². The lowest BCUT2D eigenvalue weighted by molar-refractivity contribution is 0.111. The molecule has 124 valence electrons. The third-order valence-electron chi connectivity index (χ3n) is 3.32. The molecule has 0 spiro atoms. The predicted molar refractivity (Wildman–Crippen MR) is 85.8 cm³/mol. The van der Waals surface area contributed by atoms with Crippen LogP contribution in [0.2, 0.25) is 0 Å². The molecule has 0 saturated carbocycles. The van der Waals surface area contributed by atoms with Gasteiger partial charge in [0.1, 0.15) is 17.3 Å². The summed E-state index contributed by atoms with van der Waals surface area (Å²) in [7, 11) is 0. The van der Waals surface area contributed by atoms with Crippen LogP contribution in [-0.2, 0) is 5.75 Å². The van der Waals surface area contributed by atoms with Crippen LogP contribution in [0.4, 0.5) is 8.78 Å². The van der Waals surface area contributed by atoms with Gasteiger partial charge in [-0.25, -0.2) is 18.7 Å². The third kappa shape index (κ3) is 3.41. The highest BCUT2D eigenvalue weighted by Gasteiger charge is 2.17. The van der Waals surface area contributed by atoms with Crippen LogP contribution in [-0.4, -0.2) is 16.3 Å². The molecule has 1 aromatic carbocycles. The molecule has 0 amide bonds. The van der Waals surface area contributed by atoms with Crippen LogP contribution in [0.5, 0.6) is 0 Å². The Morgan fingerprint density at radius 1 is 1.28 bits per heavy atom. The number of benzene rings is 1. The Bertz CT molecular complexity index is 969. The number of nitrogens with zero attached hydrogens (tertiary/aromatic N) is 3. The minimum atomic E-state index is -0.938. The molecule has 0 aliphatic rings. The first-order valence-corrected chi connectivity index (χ1v) is 7.98. The van der Waals surface area contributed by atoms with Crippen molar-refractivity contribution in [3.05, 3.63) is 65.2 Å². The molecule has 2 aromatic heterocycles. The molecule has 25 heavy (non-hydrogen) atoms. The lowest BCUT2D eigenvalue weighted by atomic mass is 10.1. The number of nitriles is 1. The van der Waals surface area contributed by atoms with Crippen molar-refractivity contribution < 1.29 is 18.0 Å². The van der Waals surface area contributed by atoms with Crippen molar-refractivity contribution in [3.8, 4) is 17.3 Å². The Balaban J connectivity index is 1.97. The van der Waals surface area contributed by atoms with Gasteiger partial charge in [-0.05, 0) is 12.1 Å². The molecule has 0 atom stereocenters. The summed E-state index contributed by atoms with van der Waals surface area (Å²) in [5, 5.41) is 9.44. The van der Waals surface area contributed by atoms with E-state index in [1.807, 2.05) is 6.07 Å². The fourth-order valence-electron chi connectivity index (χ4n) is 2.13. The van der Waals surface area contributed by atoms with Gasteiger partial charge in [-0.15, -0.1) is 0 Å². The highest BCUT2D eigenvalue weighted by Crippen LogP contribution is 2.28. The first-order valence-electron chi connectivity index (χ1n) is 6.99. The van der Waals surface area contributed by atoms with Crippen LogP contribution in [0.25, 0.3) is 11.3 Å². The largest absolute Gasteiger partial charge is 0.472 e. The van der Waals surface area contributed by atoms with E-state index in [-0.39, 0.29) is 33.4 Å². The van der Waals surface area contributed by atoms with Crippen molar-refractivity contribution in [2.24, 2.45) is 0 Å². The quantitative estimate of drug-likeness (QED) is 0.390. The number of halogens is 2. The van der Waals surface area contributed by atoms with Crippen LogP contribution in [0.15, 0.2) is 46.4 Å². The van der Waals surface area contributed by atoms with Gasteiger partial charge in [0.05, 0.1) is 18.2 Å².